The Kier molecular flexibility index (Phi) is 4.97. The van der Waals surface area contributed by atoms with Gasteiger partial charge < -0.3 is 15.1 Å². The highest BCUT2D eigenvalue weighted by molar-refractivity contribution is 6.00. The number of furan rings is 1. The highest BCUT2D eigenvalue weighted by atomic mass is 16.3. The van der Waals surface area contributed by atoms with Crippen LogP contribution < -0.4 is 5.73 Å². The summed E-state index contributed by atoms with van der Waals surface area (Å²) in [6.07, 6.45) is 8.13. The summed E-state index contributed by atoms with van der Waals surface area (Å²) >= 11 is 0. The number of carbonyl (C=O) groups is 2. The number of aromatic nitrogens is 3. The fourth-order valence-electron chi connectivity index (χ4n) is 4.30. The minimum atomic E-state index is 0.120. The number of likely N-dealkylation sites (tertiary alicyclic amines) is 1. The number of hydrogen-bond acceptors (Lipinski definition) is 6. The molecule has 0 aliphatic carbocycles. The lowest BCUT2D eigenvalue weighted by atomic mass is 10.0. The Hall–Kier alpha value is -3.94. The van der Waals surface area contributed by atoms with Crippen molar-refractivity contribution in [3.63, 3.8) is 0 Å². The van der Waals surface area contributed by atoms with Gasteiger partial charge in [0.25, 0.3) is 0 Å². The molecule has 1 amide bonds. The van der Waals surface area contributed by atoms with E-state index in [2.05, 4.69) is 10.1 Å². The summed E-state index contributed by atoms with van der Waals surface area (Å²) in [5, 5.41) is 5.43. The molecule has 1 aliphatic heterocycles. The third-order valence-corrected chi connectivity index (χ3v) is 6.09. The number of carbonyl (C=O) groups excluding carboxylic acids is 2. The zero-order chi connectivity index (χ0) is 22.2. The van der Waals surface area contributed by atoms with Gasteiger partial charge in [-0.25, -0.2) is 4.98 Å². The first-order chi connectivity index (χ1) is 15.5. The Labute approximate surface area is 184 Å². The first-order valence-electron chi connectivity index (χ1n) is 10.6. The number of rotatable bonds is 4. The number of benzene rings is 1. The summed E-state index contributed by atoms with van der Waals surface area (Å²) in [4.78, 5) is 28.9. The lowest BCUT2D eigenvalue weighted by Crippen LogP contribution is -2.37. The van der Waals surface area contributed by atoms with E-state index in [1.54, 1.807) is 25.3 Å². The van der Waals surface area contributed by atoms with E-state index in [-0.39, 0.29) is 11.9 Å². The van der Waals surface area contributed by atoms with Crippen molar-refractivity contribution in [2.75, 3.05) is 18.8 Å². The topological polar surface area (TPSA) is 107 Å². The molecule has 32 heavy (non-hydrogen) atoms. The quantitative estimate of drug-likeness (QED) is 0.493. The van der Waals surface area contributed by atoms with Gasteiger partial charge in [-0.2, -0.15) is 5.10 Å². The number of fused-ring (bicyclic) bond motifs is 1. The second-order valence-electron chi connectivity index (χ2n) is 8.10. The Morgan fingerprint density at radius 3 is 2.75 bits per heavy atom. The van der Waals surface area contributed by atoms with Gasteiger partial charge in [0.2, 0.25) is 5.91 Å². The number of amides is 1. The molecule has 1 saturated heterocycles. The first kappa shape index (κ1) is 20.0. The van der Waals surface area contributed by atoms with Crippen LogP contribution in [0.2, 0.25) is 0 Å². The fourth-order valence-corrected chi connectivity index (χ4v) is 4.30. The van der Waals surface area contributed by atoms with Crippen molar-refractivity contribution < 1.29 is 14.0 Å². The molecule has 2 N–H and O–H groups in total. The van der Waals surface area contributed by atoms with Crippen LogP contribution in [0.25, 0.3) is 33.4 Å². The number of anilines is 1. The Morgan fingerprint density at radius 2 is 2.00 bits per heavy atom. The molecule has 0 atom stereocenters. The van der Waals surface area contributed by atoms with Gasteiger partial charge in [0.1, 0.15) is 12.0 Å². The van der Waals surface area contributed by atoms with Gasteiger partial charge in [0, 0.05) is 60.0 Å². The van der Waals surface area contributed by atoms with E-state index in [9.17, 15) is 9.59 Å². The van der Waals surface area contributed by atoms with Crippen LogP contribution in [0.15, 0.2) is 53.3 Å². The van der Waals surface area contributed by atoms with Crippen LogP contribution in [0.3, 0.4) is 0 Å². The fraction of sp³-hybridized carbons (Fsp3) is 0.250. The molecular formula is C24H23N5O3. The Morgan fingerprint density at radius 1 is 1.19 bits per heavy atom. The van der Waals surface area contributed by atoms with Crippen molar-refractivity contribution in [1.29, 1.82) is 0 Å². The standard InChI is InChI=1S/C24H23N5O3/c1-15(31)28-7-5-19(6-8-28)29-13-18(11-27-29)21-12-26-24(25)23-20(21)10-22(32-23)17-4-2-3-16(9-17)14-30/h2-4,9-14,19H,5-8H2,1H3,(H2,25,26). The summed E-state index contributed by atoms with van der Waals surface area (Å²) in [5.74, 6) is 1.05. The van der Waals surface area contributed by atoms with E-state index in [1.807, 2.05) is 40.2 Å². The molecule has 0 radical (unpaired) electrons. The average molecular weight is 429 g/mol. The van der Waals surface area contributed by atoms with Crippen LogP contribution in [0.5, 0.6) is 0 Å². The SMILES string of the molecule is CC(=O)N1CCC(n2cc(-c3cnc(N)c4oc(-c5cccc(C=O)c5)cc34)cn2)CC1. The van der Waals surface area contributed by atoms with Gasteiger partial charge in [-0.05, 0) is 25.0 Å². The van der Waals surface area contributed by atoms with Crippen LogP contribution in [0, 0.1) is 0 Å². The van der Waals surface area contributed by atoms with Crippen LogP contribution in [0.4, 0.5) is 5.82 Å². The molecule has 162 valence electrons. The van der Waals surface area contributed by atoms with Gasteiger partial charge in [-0.1, -0.05) is 18.2 Å². The number of nitrogens with two attached hydrogens (primary N) is 1. The monoisotopic (exact) mass is 429 g/mol. The molecule has 1 fully saturated rings. The smallest absolute Gasteiger partial charge is 0.219 e. The van der Waals surface area contributed by atoms with Crippen molar-refractivity contribution in [2.24, 2.45) is 0 Å². The van der Waals surface area contributed by atoms with E-state index >= 15 is 0 Å². The van der Waals surface area contributed by atoms with Gasteiger partial charge >= 0.3 is 0 Å². The predicted molar refractivity (Wildman–Crippen MR) is 121 cm³/mol. The second kappa shape index (κ2) is 7.96. The molecule has 0 bridgehead atoms. The maximum absolute atomic E-state index is 11.6. The van der Waals surface area contributed by atoms with E-state index in [0.29, 0.717) is 22.7 Å². The van der Waals surface area contributed by atoms with E-state index in [4.69, 9.17) is 10.2 Å². The van der Waals surface area contributed by atoms with Crippen LogP contribution >= 0.6 is 0 Å². The van der Waals surface area contributed by atoms with Crippen LogP contribution in [-0.4, -0.2) is 44.9 Å². The van der Waals surface area contributed by atoms with E-state index < -0.39 is 0 Å². The summed E-state index contributed by atoms with van der Waals surface area (Å²) in [5.41, 5.74) is 9.78. The molecular weight excluding hydrogens is 406 g/mol. The zero-order valence-electron chi connectivity index (χ0n) is 17.7. The molecule has 8 heteroatoms. The molecule has 5 rings (SSSR count). The molecule has 0 saturated carbocycles. The van der Waals surface area contributed by atoms with Crippen molar-refractivity contribution in [3.8, 4) is 22.5 Å². The van der Waals surface area contributed by atoms with Crippen molar-refractivity contribution in [3.05, 3.63) is 54.5 Å². The third kappa shape index (κ3) is 3.53. The molecule has 3 aromatic heterocycles. The number of pyridine rings is 1. The van der Waals surface area contributed by atoms with E-state index in [1.165, 1.54) is 0 Å². The van der Waals surface area contributed by atoms with Gasteiger partial charge in [0.15, 0.2) is 11.4 Å². The number of nitrogen functional groups attached to an aromatic ring is 1. The van der Waals surface area contributed by atoms with Crippen LogP contribution in [0.1, 0.15) is 36.2 Å². The highest BCUT2D eigenvalue weighted by Crippen LogP contribution is 2.37. The minimum absolute atomic E-state index is 0.120. The number of aldehydes is 1. The molecule has 0 unspecified atom stereocenters. The van der Waals surface area contributed by atoms with Crippen molar-refractivity contribution in [1.82, 2.24) is 19.7 Å². The van der Waals surface area contributed by atoms with E-state index in [0.717, 1.165) is 54.3 Å². The van der Waals surface area contributed by atoms with Gasteiger partial charge in [-0.15, -0.1) is 0 Å². The second-order valence-corrected chi connectivity index (χ2v) is 8.10. The van der Waals surface area contributed by atoms with Crippen molar-refractivity contribution >= 4 is 29.0 Å². The van der Waals surface area contributed by atoms with Gasteiger partial charge in [0.05, 0.1) is 12.2 Å². The number of piperidine rings is 1. The van der Waals surface area contributed by atoms with Crippen molar-refractivity contribution in [2.45, 2.75) is 25.8 Å². The summed E-state index contributed by atoms with van der Waals surface area (Å²) in [7, 11) is 0. The number of hydrogen-bond donors (Lipinski definition) is 1. The average Bonchev–Trinajstić information content (AvgIpc) is 3.48. The molecule has 0 spiro atoms. The normalized spacial score (nSPS) is 14.7. The molecule has 4 heterocycles. The largest absolute Gasteiger partial charge is 0.452 e. The van der Waals surface area contributed by atoms with Crippen LogP contribution in [-0.2, 0) is 4.79 Å². The summed E-state index contributed by atoms with van der Waals surface area (Å²) in [6, 6.07) is 9.41. The molecule has 1 aromatic carbocycles. The molecule has 1 aliphatic rings. The maximum Gasteiger partial charge on any atom is 0.219 e. The molecule has 8 nitrogen and oxygen atoms in total. The van der Waals surface area contributed by atoms with Gasteiger partial charge in [-0.3, -0.25) is 14.3 Å². The predicted octanol–water partition coefficient (Wildman–Crippen LogP) is 3.94. The minimum Gasteiger partial charge on any atom is -0.452 e. The zero-order valence-corrected chi connectivity index (χ0v) is 17.7. The lowest BCUT2D eigenvalue weighted by molar-refractivity contribution is -0.130. The summed E-state index contributed by atoms with van der Waals surface area (Å²) < 4.78 is 8.01. The molecule has 4 aromatic rings. The summed E-state index contributed by atoms with van der Waals surface area (Å²) in [6.45, 7) is 3.10. The Bertz CT molecular complexity index is 1310. The first-order valence-corrected chi connectivity index (χ1v) is 10.6. The highest BCUT2D eigenvalue weighted by Gasteiger charge is 2.23. The number of nitrogens with zero attached hydrogens (tertiary/aromatic N) is 4. The Balaban J connectivity index is 1.49. The lowest BCUT2D eigenvalue weighted by Gasteiger charge is -2.31. The third-order valence-electron chi connectivity index (χ3n) is 6.09. The maximum atomic E-state index is 11.6.